The summed E-state index contributed by atoms with van der Waals surface area (Å²) in [5, 5.41) is 2.63. The lowest BCUT2D eigenvalue weighted by Gasteiger charge is -2.12. The van der Waals surface area contributed by atoms with E-state index >= 15 is 0 Å². The summed E-state index contributed by atoms with van der Waals surface area (Å²) in [6.45, 7) is 7.42. The van der Waals surface area contributed by atoms with Gasteiger partial charge in [-0.25, -0.2) is 13.1 Å². The minimum Gasteiger partial charge on any atom is -0.348 e. The van der Waals surface area contributed by atoms with Crippen molar-refractivity contribution < 1.29 is 13.2 Å². The van der Waals surface area contributed by atoms with Crippen molar-refractivity contribution >= 4 is 15.9 Å². The van der Waals surface area contributed by atoms with Gasteiger partial charge in [-0.2, -0.15) is 0 Å². The highest BCUT2D eigenvalue weighted by molar-refractivity contribution is 7.89. The summed E-state index contributed by atoms with van der Waals surface area (Å²) in [6, 6.07) is 6.30. The fourth-order valence-electron chi connectivity index (χ4n) is 1.46. The van der Waals surface area contributed by atoms with E-state index in [9.17, 15) is 13.2 Å². The van der Waals surface area contributed by atoms with E-state index in [1.54, 1.807) is 12.1 Å². The number of rotatable bonds is 7. The molecule has 0 bridgehead atoms. The summed E-state index contributed by atoms with van der Waals surface area (Å²) in [5.74, 6) is -0.264. The zero-order valence-electron chi connectivity index (χ0n) is 11.7. The fraction of sp³-hybridized carbons (Fsp3) is 0.357. The van der Waals surface area contributed by atoms with Gasteiger partial charge in [0.15, 0.2) is 0 Å². The van der Waals surface area contributed by atoms with Crippen LogP contribution in [0.1, 0.15) is 25.8 Å². The summed E-state index contributed by atoms with van der Waals surface area (Å²) in [5.41, 5.74) is 0.822. The lowest BCUT2D eigenvalue weighted by Crippen LogP contribution is -2.32. The van der Waals surface area contributed by atoms with Crippen molar-refractivity contribution in [3.63, 3.8) is 0 Å². The molecule has 0 aromatic heterocycles. The molecule has 2 N–H and O–H groups in total. The van der Waals surface area contributed by atoms with Crippen molar-refractivity contribution in [1.82, 2.24) is 10.0 Å². The zero-order valence-corrected chi connectivity index (χ0v) is 12.5. The van der Waals surface area contributed by atoms with Gasteiger partial charge >= 0.3 is 0 Å². The van der Waals surface area contributed by atoms with Crippen molar-refractivity contribution in [3.8, 4) is 0 Å². The Hall–Kier alpha value is -1.66. The third-order valence-electron chi connectivity index (χ3n) is 2.85. The van der Waals surface area contributed by atoms with E-state index in [0.717, 1.165) is 12.0 Å². The van der Waals surface area contributed by atoms with E-state index in [1.165, 1.54) is 18.2 Å². The molecule has 0 saturated carbocycles. The van der Waals surface area contributed by atoms with Gasteiger partial charge in [0.2, 0.25) is 15.9 Å². The molecule has 0 fully saturated rings. The fourth-order valence-corrected chi connectivity index (χ4v) is 2.79. The molecule has 0 saturated heterocycles. The van der Waals surface area contributed by atoms with Gasteiger partial charge in [-0.3, -0.25) is 4.79 Å². The van der Waals surface area contributed by atoms with Crippen molar-refractivity contribution in [3.05, 3.63) is 42.5 Å². The maximum atomic E-state index is 12.0. The van der Waals surface area contributed by atoms with Crippen LogP contribution in [0.3, 0.4) is 0 Å². The standard InChI is InChI=1S/C14H20N2O3S/c1-4-11(3)16-20(18,19)13-8-6-12(7-9-13)10-15-14(17)5-2/h5-9,11,16H,2,4,10H2,1,3H3,(H,15,17). The Bertz CT molecular complexity index is 565. The van der Waals surface area contributed by atoms with Crippen LogP contribution in [0.2, 0.25) is 0 Å². The van der Waals surface area contributed by atoms with Gasteiger partial charge in [0, 0.05) is 12.6 Å². The van der Waals surface area contributed by atoms with Crippen LogP contribution < -0.4 is 10.0 Å². The number of hydrogen-bond donors (Lipinski definition) is 2. The number of benzene rings is 1. The van der Waals surface area contributed by atoms with Gasteiger partial charge in [0.05, 0.1) is 4.90 Å². The first-order valence-corrected chi connectivity index (χ1v) is 7.89. The summed E-state index contributed by atoms with van der Waals surface area (Å²) in [4.78, 5) is 11.2. The molecule has 0 heterocycles. The van der Waals surface area contributed by atoms with Crippen LogP contribution in [-0.4, -0.2) is 20.4 Å². The molecule has 0 radical (unpaired) electrons. The Morgan fingerprint density at radius 3 is 2.45 bits per heavy atom. The van der Waals surface area contributed by atoms with Crippen LogP contribution in [0.15, 0.2) is 41.8 Å². The van der Waals surface area contributed by atoms with Gasteiger partial charge < -0.3 is 5.32 Å². The monoisotopic (exact) mass is 296 g/mol. The smallest absolute Gasteiger partial charge is 0.243 e. The molecule has 1 amide bonds. The second kappa shape index (κ2) is 7.21. The molecule has 1 aromatic carbocycles. The van der Waals surface area contributed by atoms with Gasteiger partial charge in [-0.05, 0) is 37.1 Å². The summed E-state index contributed by atoms with van der Waals surface area (Å²) in [7, 11) is -3.48. The quantitative estimate of drug-likeness (QED) is 0.750. The molecule has 20 heavy (non-hydrogen) atoms. The Morgan fingerprint density at radius 1 is 1.35 bits per heavy atom. The number of hydrogen-bond acceptors (Lipinski definition) is 3. The highest BCUT2D eigenvalue weighted by Crippen LogP contribution is 2.11. The molecule has 5 nitrogen and oxygen atoms in total. The number of amides is 1. The van der Waals surface area contributed by atoms with Crippen molar-refractivity contribution in [1.29, 1.82) is 0 Å². The number of sulfonamides is 1. The van der Waals surface area contributed by atoms with Crippen LogP contribution in [0.4, 0.5) is 0 Å². The molecule has 1 rings (SSSR count). The minimum absolute atomic E-state index is 0.105. The Labute approximate surface area is 120 Å². The van der Waals surface area contributed by atoms with Crippen LogP contribution in [0, 0.1) is 0 Å². The number of nitrogens with one attached hydrogen (secondary N) is 2. The molecule has 0 spiro atoms. The molecule has 1 unspecified atom stereocenters. The third kappa shape index (κ3) is 4.79. The first-order chi connectivity index (χ1) is 9.39. The predicted molar refractivity (Wildman–Crippen MR) is 78.6 cm³/mol. The maximum absolute atomic E-state index is 12.0. The van der Waals surface area contributed by atoms with E-state index < -0.39 is 10.0 Å². The molecular formula is C14H20N2O3S. The summed E-state index contributed by atoms with van der Waals surface area (Å²) < 4.78 is 26.7. The van der Waals surface area contributed by atoms with Gasteiger partial charge in [0.25, 0.3) is 0 Å². The predicted octanol–water partition coefficient (Wildman–Crippen LogP) is 1.57. The van der Waals surface area contributed by atoms with E-state index in [1.807, 2.05) is 13.8 Å². The first kappa shape index (κ1) is 16.4. The van der Waals surface area contributed by atoms with E-state index in [0.29, 0.717) is 6.54 Å². The molecule has 0 aliphatic heterocycles. The summed E-state index contributed by atoms with van der Waals surface area (Å²) >= 11 is 0. The first-order valence-electron chi connectivity index (χ1n) is 6.40. The van der Waals surface area contributed by atoms with Crippen LogP contribution in [0.25, 0.3) is 0 Å². The van der Waals surface area contributed by atoms with Crippen molar-refractivity contribution in [2.75, 3.05) is 0 Å². The Morgan fingerprint density at radius 2 is 1.95 bits per heavy atom. The normalized spacial score (nSPS) is 12.7. The van der Waals surface area contributed by atoms with E-state index in [-0.39, 0.29) is 16.8 Å². The second-order valence-corrected chi connectivity index (χ2v) is 6.21. The highest BCUT2D eigenvalue weighted by Gasteiger charge is 2.16. The van der Waals surface area contributed by atoms with E-state index in [2.05, 4.69) is 16.6 Å². The van der Waals surface area contributed by atoms with Crippen molar-refractivity contribution in [2.24, 2.45) is 0 Å². The molecule has 1 aromatic rings. The average Bonchev–Trinajstić information content (AvgIpc) is 2.44. The molecule has 1 atom stereocenters. The molecule has 0 aliphatic carbocycles. The molecule has 0 aliphatic rings. The Kier molecular flexibility index (Phi) is 5.91. The topological polar surface area (TPSA) is 75.3 Å². The maximum Gasteiger partial charge on any atom is 0.243 e. The summed E-state index contributed by atoms with van der Waals surface area (Å²) in [6.07, 6.45) is 1.92. The number of carbonyl (C=O) groups is 1. The van der Waals surface area contributed by atoms with E-state index in [4.69, 9.17) is 0 Å². The average molecular weight is 296 g/mol. The molecule has 110 valence electrons. The lowest BCUT2D eigenvalue weighted by atomic mass is 10.2. The van der Waals surface area contributed by atoms with Gasteiger partial charge in [-0.15, -0.1) is 0 Å². The third-order valence-corrected chi connectivity index (χ3v) is 4.46. The molecule has 6 heteroatoms. The van der Waals surface area contributed by atoms with Gasteiger partial charge in [0.1, 0.15) is 0 Å². The minimum atomic E-state index is -3.48. The largest absolute Gasteiger partial charge is 0.348 e. The van der Waals surface area contributed by atoms with Gasteiger partial charge in [-0.1, -0.05) is 25.6 Å². The lowest BCUT2D eigenvalue weighted by molar-refractivity contribution is -0.116. The van der Waals surface area contributed by atoms with Crippen molar-refractivity contribution in [2.45, 2.75) is 37.8 Å². The van der Waals surface area contributed by atoms with Crippen LogP contribution in [0.5, 0.6) is 0 Å². The van der Waals surface area contributed by atoms with Crippen LogP contribution >= 0.6 is 0 Å². The second-order valence-electron chi connectivity index (χ2n) is 4.50. The number of carbonyl (C=O) groups excluding carboxylic acids is 1. The zero-order chi connectivity index (χ0) is 15.2. The van der Waals surface area contributed by atoms with Crippen LogP contribution in [-0.2, 0) is 21.4 Å². The Balaban J connectivity index is 2.75. The molecular weight excluding hydrogens is 276 g/mol. The highest BCUT2D eigenvalue weighted by atomic mass is 32.2. The SMILES string of the molecule is C=CC(=O)NCc1ccc(S(=O)(=O)NC(C)CC)cc1.